The Morgan fingerprint density at radius 3 is 0.500 bits per heavy atom. The third-order valence-electron chi connectivity index (χ3n) is 7.58. The Balaban J connectivity index is 1.46. The van der Waals surface area contributed by atoms with Gasteiger partial charge in [0.15, 0.2) is 0 Å². The van der Waals surface area contributed by atoms with Crippen molar-refractivity contribution in [2.45, 2.75) is 0 Å². The summed E-state index contributed by atoms with van der Waals surface area (Å²) in [6.45, 7) is 0. The molecule has 6 aromatic carbocycles. The van der Waals surface area contributed by atoms with Gasteiger partial charge in [-0.3, -0.25) is 0 Å². The number of nitrogens with one attached hydrogen (secondary N) is 3. The maximum atomic E-state index is 10.1. The van der Waals surface area contributed by atoms with E-state index in [1.807, 2.05) is 0 Å². The second-order valence-corrected chi connectivity index (χ2v) is 19.7. The van der Waals surface area contributed by atoms with Crippen molar-refractivity contribution in [3.63, 3.8) is 0 Å². The van der Waals surface area contributed by atoms with Crippen molar-refractivity contribution in [2.24, 2.45) is 0 Å². The van der Waals surface area contributed by atoms with E-state index in [2.05, 4.69) is 14.6 Å². The fourth-order valence-corrected chi connectivity index (χ4v) is 18.2. The second-order valence-electron chi connectivity index (χ2n) is 11.8. The van der Waals surface area contributed by atoms with Crippen LogP contribution in [-0.4, -0.2) is 30.6 Å². The molecule has 0 aliphatic carbocycles. The van der Waals surface area contributed by atoms with Crippen molar-refractivity contribution in [3.05, 3.63) is 146 Å². The minimum absolute atomic E-state index is 0.0196. The molecule has 9 N–H and O–H groups in total. The van der Waals surface area contributed by atoms with Crippen LogP contribution in [0.2, 0.25) is 0 Å². The Hall–Kier alpha value is -5.91. The number of hydrogen-bond acceptors (Lipinski definition) is 15. The van der Waals surface area contributed by atoms with Crippen molar-refractivity contribution < 1.29 is 57.8 Å². The SMILES string of the molecule is Oc1ccc(O[PH]2(Oc3ccc(O)cc3)N[PH](Oc3ccc(O)cc3)(Oc3ccc(O)cc3)N[PH](Oc3ccc(O)cc3)(Oc3ccc(O)cc3)N2)cc1. The van der Waals surface area contributed by atoms with Crippen molar-refractivity contribution in [1.82, 2.24) is 14.6 Å². The van der Waals surface area contributed by atoms with E-state index in [1.165, 1.54) is 146 Å². The Bertz CT molecular complexity index is 1760. The van der Waals surface area contributed by atoms with Crippen LogP contribution in [0.3, 0.4) is 0 Å². The molecule has 1 fully saturated rings. The van der Waals surface area contributed by atoms with Crippen LogP contribution in [0, 0.1) is 0 Å². The van der Waals surface area contributed by atoms with Gasteiger partial charge >= 0.3 is 311 Å². The third kappa shape index (κ3) is 8.99. The molecule has 1 heterocycles. The van der Waals surface area contributed by atoms with Crippen molar-refractivity contribution in [1.29, 1.82) is 0 Å². The molecule has 0 bridgehead atoms. The molecule has 0 aromatic heterocycles. The summed E-state index contributed by atoms with van der Waals surface area (Å²) >= 11 is 0. The van der Waals surface area contributed by atoms with Gasteiger partial charge in [0.25, 0.3) is 0 Å². The molecule has 7 rings (SSSR count). The molecule has 0 saturated carbocycles. The second kappa shape index (κ2) is 15.2. The van der Waals surface area contributed by atoms with Gasteiger partial charge < -0.3 is 0 Å². The zero-order valence-corrected chi connectivity index (χ0v) is 31.0. The summed E-state index contributed by atoms with van der Waals surface area (Å²) in [6, 6.07) is 35.3. The van der Waals surface area contributed by atoms with Crippen LogP contribution in [0.1, 0.15) is 0 Å². The van der Waals surface area contributed by atoms with Crippen molar-refractivity contribution in [2.75, 3.05) is 0 Å². The molecule has 282 valence electrons. The first-order valence-corrected chi connectivity index (χ1v) is 21.7. The van der Waals surface area contributed by atoms with Gasteiger partial charge in [-0.05, 0) is 0 Å². The van der Waals surface area contributed by atoms with Gasteiger partial charge in [0.05, 0.1) is 0 Å². The quantitative estimate of drug-likeness (QED) is 0.0543. The summed E-state index contributed by atoms with van der Waals surface area (Å²) in [6.07, 6.45) is 0. The van der Waals surface area contributed by atoms with Gasteiger partial charge in [-0.25, -0.2) is 0 Å². The Kier molecular flexibility index (Phi) is 10.3. The third-order valence-corrected chi connectivity index (χ3v) is 18.6. The number of benzene rings is 6. The Morgan fingerprint density at radius 1 is 0.241 bits per heavy atom. The first kappa shape index (κ1) is 36.4. The summed E-state index contributed by atoms with van der Waals surface area (Å²) in [4.78, 5) is 10.2. The predicted molar refractivity (Wildman–Crippen MR) is 207 cm³/mol. The molecular formula is C36H36N3O12P3. The van der Waals surface area contributed by atoms with Gasteiger partial charge in [-0.2, -0.15) is 0 Å². The standard InChI is InChI=1S/C36H36N3O12P3/c40-25-1-13-31(14-2-25)46-52(47-32-15-3-26(41)4-16-32)37-53(48-33-17-5-27(42)6-18-33,49-34-19-7-28(43)8-20-34)39-54(38-52,50-35-21-9-29(44)10-22-35)51-36-23-11-30(45)12-24-36/h1-24,37-45,52-54H. The van der Waals surface area contributed by atoms with E-state index in [4.69, 9.17) is 27.1 Å². The molecule has 1 saturated heterocycles. The Morgan fingerprint density at radius 2 is 0.370 bits per heavy atom. The molecule has 6 aromatic rings. The zero-order valence-electron chi connectivity index (χ0n) is 28.0. The van der Waals surface area contributed by atoms with Gasteiger partial charge in [-0.15, -0.1) is 0 Å². The monoisotopic (exact) mass is 795 g/mol. The molecule has 1 aliphatic rings. The van der Waals surface area contributed by atoms with Crippen LogP contribution < -0.4 is 41.7 Å². The molecule has 0 radical (unpaired) electrons. The van der Waals surface area contributed by atoms with E-state index in [1.54, 1.807) is 0 Å². The summed E-state index contributed by atoms with van der Waals surface area (Å²) in [7, 11) is -13.3. The summed E-state index contributed by atoms with van der Waals surface area (Å²) < 4.78 is 40.4. The molecule has 54 heavy (non-hydrogen) atoms. The van der Waals surface area contributed by atoms with Crippen LogP contribution in [0.4, 0.5) is 0 Å². The average molecular weight is 796 g/mol. The van der Waals surface area contributed by atoms with E-state index < -0.39 is 24.1 Å². The first-order chi connectivity index (χ1) is 26.0. The van der Waals surface area contributed by atoms with E-state index in [9.17, 15) is 30.6 Å². The molecule has 0 unspecified atom stereocenters. The van der Waals surface area contributed by atoms with Crippen molar-refractivity contribution >= 4 is 24.1 Å². The van der Waals surface area contributed by atoms with E-state index >= 15 is 0 Å². The van der Waals surface area contributed by atoms with Crippen LogP contribution in [0.25, 0.3) is 0 Å². The molecule has 0 spiro atoms. The van der Waals surface area contributed by atoms with Crippen molar-refractivity contribution in [3.8, 4) is 69.0 Å². The number of hydrogen-bond donors (Lipinski definition) is 9. The van der Waals surface area contributed by atoms with Crippen LogP contribution in [-0.2, 0) is 0 Å². The van der Waals surface area contributed by atoms with E-state index in [0.717, 1.165) is 0 Å². The Labute approximate surface area is 310 Å². The fraction of sp³-hybridized carbons (Fsp3) is 0. The fourth-order valence-electron chi connectivity index (χ4n) is 5.19. The summed E-state index contributed by atoms with van der Waals surface area (Å²) in [5.41, 5.74) is 0. The summed E-state index contributed by atoms with van der Waals surface area (Å²) in [5.74, 6) is 1.27. The number of rotatable bonds is 12. The molecule has 1 aliphatic heterocycles. The number of phenolic OH excluding ortho intramolecular Hbond substituents is 6. The van der Waals surface area contributed by atoms with Gasteiger partial charge in [-0.1, -0.05) is 0 Å². The van der Waals surface area contributed by atoms with Gasteiger partial charge in [0.1, 0.15) is 0 Å². The predicted octanol–water partition coefficient (Wildman–Crippen LogP) is 7.71. The molecule has 0 atom stereocenters. The number of aromatic hydroxyl groups is 6. The molecular weight excluding hydrogens is 759 g/mol. The first-order valence-electron chi connectivity index (χ1n) is 16.2. The van der Waals surface area contributed by atoms with Gasteiger partial charge in [0, 0.05) is 0 Å². The van der Waals surface area contributed by atoms with Crippen LogP contribution in [0.15, 0.2) is 146 Å². The zero-order chi connectivity index (χ0) is 37.8. The molecule has 18 heteroatoms. The topological polar surface area (TPSA) is 213 Å². The minimum atomic E-state index is -4.43. The average Bonchev–Trinajstić information content (AvgIpc) is 3.14. The number of phenols is 6. The van der Waals surface area contributed by atoms with Crippen LogP contribution in [0.5, 0.6) is 69.0 Å². The van der Waals surface area contributed by atoms with Crippen LogP contribution >= 0.6 is 24.1 Å². The molecule has 0 amide bonds. The van der Waals surface area contributed by atoms with E-state index in [-0.39, 0.29) is 69.0 Å². The molecule has 15 nitrogen and oxygen atoms in total. The summed E-state index contributed by atoms with van der Waals surface area (Å²) in [5, 5.41) is 60.7. The maximum absolute atomic E-state index is 10.1. The van der Waals surface area contributed by atoms with Gasteiger partial charge in [0.2, 0.25) is 0 Å². The normalized spacial score (nSPS) is 17.1. The van der Waals surface area contributed by atoms with E-state index in [0.29, 0.717) is 0 Å².